The Labute approximate surface area is 271 Å². The van der Waals surface area contributed by atoms with Gasteiger partial charge in [0.25, 0.3) is 5.56 Å². The molecule has 3 heterocycles. The molecule has 0 aliphatic rings. The van der Waals surface area contributed by atoms with Crippen LogP contribution in [0.4, 0.5) is 16.0 Å². The fraction of sp³-hybridized carbons (Fsp3) is 0.219. The number of pyridine rings is 1. The summed E-state index contributed by atoms with van der Waals surface area (Å²) in [7, 11) is 0. The molecule has 11 nitrogen and oxygen atoms in total. The highest BCUT2D eigenvalue weighted by molar-refractivity contribution is 7.77. The molecule has 0 amide bonds. The summed E-state index contributed by atoms with van der Waals surface area (Å²) in [5.41, 5.74) is 8.63. The van der Waals surface area contributed by atoms with Gasteiger partial charge in [-0.2, -0.15) is 0 Å². The predicted molar refractivity (Wildman–Crippen MR) is 177 cm³/mol. The molecule has 2 unspecified atom stereocenters. The highest BCUT2D eigenvalue weighted by atomic mass is 35.5. The maximum atomic E-state index is 13.9. The Morgan fingerprint density at radius 2 is 1.93 bits per heavy atom. The van der Waals surface area contributed by atoms with Gasteiger partial charge in [-0.15, -0.1) is 0 Å². The van der Waals surface area contributed by atoms with Crippen LogP contribution in [0.3, 0.4) is 0 Å². The Hall–Kier alpha value is -4.74. The molecule has 0 saturated heterocycles. The zero-order valence-electron chi connectivity index (χ0n) is 24.7. The molecule has 2 atom stereocenters. The molecule has 5 aromatic rings. The largest absolute Gasteiger partial charge is 0.382 e. The number of aryl methyl sites for hydroxylation is 1. The third-order valence-corrected chi connectivity index (χ3v) is 7.86. The van der Waals surface area contributed by atoms with Gasteiger partial charge in [0.2, 0.25) is 11.3 Å². The first-order valence-electron chi connectivity index (χ1n) is 14.3. The Morgan fingerprint density at radius 1 is 1.11 bits per heavy atom. The molecular weight excluding hydrogens is 631 g/mol. The molecule has 2 aromatic carbocycles. The summed E-state index contributed by atoms with van der Waals surface area (Å²) in [5, 5.41) is 3.85. The molecule has 0 radical (unpaired) electrons. The normalized spacial score (nSPS) is 12.3. The van der Waals surface area contributed by atoms with Crippen molar-refractivity contribution < 1.29 is 13.2 Å². The van der Waals surface area contributed by atoms with Crippen LogP contribution < -0.4 is 21.3 Å². The van der Waals surface area contributed by atoms with Crippen molar-refractivity contribution in [3.63, 3.8) is 0 Å². The molecule has 5 rings (SSSR count). The fourth-order valence-electron chi connectivity index (χ4n) is 4.77. The number of nitrogens with zero attached hydrogens (tertiary/aromatic N) is 5. The van der Waals surface area contributed by atoms with Crippen molar-refractivity contribution in [2.75, 3.05) is 24.1 Å². The van der Waals surface area contributed by atoms with Crippen LogP contribution in [0.1, 0.15) is 36.0 Å². The van der Waals surface area contributed by atoms with Crippen LogP contribution in [0.15, 0.2) is 71.9 Å². The number of hydrogen-bond acceptors (Lipinski definition) is 8. The van der Waals surface area contributed by atoms with E-state index in [0.29, 0.717) is 70.4 Å². The molecule has 236 valence electrons. The van der Waals surface area contributed by atoms with Crippen LogP contribution >= 0.6 is 11.6 Å². The quantitative estimate of drug-likeness (QED) is 0.120. The van der Waals surface area contributed by atoms with Crippen molar-refractivity contribution in [3.8, 4) is 17.5 Å². The summed E-state index contributed by atoms with van der Waals surface area (Å²) < 4.78 is 37.3. The number of rotatable bonds is 11. The second kappa shape index (κ2) is 15.0. The van der Waals surface area contributed by atoms with Crippen LogP contribution in [0.25, 0.3) is 16.6 Å². The monoisotopic (exact) mass is 660 g/mol. The van der Waals surface area contributed by atoms with E-state index in [2.05, 4.69) is 36.8 Å². The fourth-order valence-corrected chi connectivity index (χ4v) is 5.45. The number of benzene rings is 2. The van der Waals surface area contributed by atoms with Gasteiger partial charge in [0.15, 0.2) is 0 Å². The molecule has 46 heavy (non-hydrogen) atoms. The lowest BCUT2D eigenvalue weighted by atomic mass is 10.0. The summed E-state index contributed by atoms with van der Waals surface area (Å²) in [5.74, 6) is 6.50. The van der Waals surface area contributed by atoms with Gasteiger partial charge in [-0.3, -0.25) is 13.9 Å². The topological polar surface area (TPSA) is 161 Å². The van der Waals surface area contributed by atoms with Gasteiger partial charge in [-0.05, 0) is 66.6 Å². The lowest BCUT2D eigenvalue weighted by Gasteiger charge is -2.16. The van der Waals surface area contributed by atoms with Crippen LogP contribution in [0.5, 0.6) is 0 Å². The second-order valence-electron chi connectivity index (χ2n) is 10.5. The van der Waals surface area contributed by atoms with Crippen molar-refractivity contribution in [1.29, 1.82) is 0 Å². The van der Waals surface area contributed by atoms with E-state index in [4.69, 9.17) is 26.9 Å². The SMILES string of the molecule is CC(CCc1cccc(-n2c(CCNc3ncnc(N)c3C#Cc3ccc(F)cn3)nc3cccc(Cl)c3c2=O)c1)CNS(=O)O. The van der Waals surface area contributed by atoms with Crippen molar-refractivity contribution in [2.45, 2.75) is 26.2 Å². The molecule has 0 fully saturated rings. The molecule has 14 heteroatoms. The summed E-state index contributed by atoms with van der Waals surface area (Å²) in [6.45, 7) is 2.71. The van der Waals surface area contributed by atoms with Crippen molar-refractivity contribution in [3.05, 3.63) is 111 Å². The molecular formula is C32H30ClFN8O3S. The minimum atomic E-state index is -2.05. The number of anilines is 2. The minimum Gasteiger partial charge on any atom is -0.382 e. The van der Waals surface area contributed by atoms with Crippen molar-refractivity contribution in [2.24, 2.45) is 5.92 Å². The van der Waals surface area contributed by atoms with Gasteiger partial charge < -0.3 is 11.1 Å². The smallest absolute Gasteiger partial charge is 0.267 e. The number of hydrogen-bond donors (Lipinski definition) is 4. The average molecular weight is 661 g/mol. The first kappa shape index (κ1) is 32.6. The third-order valence-electron chi connectivity index (χ3n) is 7.13. The van der Waals surface area contributed by atoms with Crippen LogP contribution in [0, 0.1) is 23.6 Å². The van der Waals surface area contributed by atoms with E-state index in [-0.39, 0.29) is 17.3 Å². The highest BCUT2D eigenvalue weighted by Gasteiger charge is 2.16. The van der Waals surface area contributed by atoms with Crippen LogP contribution in [-0.2, 0) is 24.1 Å². The molecule has 0 bridgehead atoms. The van der Waals surface area contributed by atoms with E-state index in [9.17, 15) is 13.4 Å². The highest BCUT2D eigenvalue weighted by Crippen LogP contribution is 2.22. The number of fused-ring (bicyclic) bond motifs is 1. The van der Waals surface area contributed by atoms with E-state index in [1.54, 1.807) is 22.8 Å². The van der Waals surface area contributed by atoms with E-state index < -0.39 is 17.1 Å². The summed E-state index contributed by atoms with van der Waals surface area (Å²) in [4.78, 5) is 31.1. The minimum absolute atomic E-state index is 0.155. The standard InChI is InChI=1S/C32H30ClFN8O3S/c1-20(17-40-46(44)45)8-9-21-4-2-5-24(16-21)42-28(41-27-7-3-6-26(33)29(27)32(42)43)14-15-36-31-25(30(35)38-19-39-31)13-12-23-11-10-22(34)18-37-23/h2-7,10-11,16,18-20,40H,8-9,14-15,17H2,1H3,(H,44,45)(H3,35,36,38,39). The van der Waals surface area contributed by atoms with Gasteiger partial charge in [-0.1, -0.05) is 42.6 Å². The zero-order chi connectivity index (χ0) is 32.6. The zero-order valence-corrected chi connectivity index (χ0v) is 26.3. The third kappa shape index (κ3) is 8.09. The number of halogens is 2. The summed E-state index contributed by atoms with van der Waals surface area (Å²) in [6.07, 6.45) is 4.19. The van der Waals surface area contributed by atoms with Gasteiger partial charge in [0, 0.05) is 19.5 Å². The molecule has 0 aliphatic heterocycles. The molecule has 3 aromatic heterocycles. The Bertz CT molecular complexity index is 2010. The number of nitrogens with one attached hydrogen (secondary N) is 2. The second-order valence-corrected chi connectivity index (χ2v) is 11.7. The molecule has 0 saturated carbocycles. The van der Waals surface area contributed by atoms with Crippen LogP contribution in [-0.4, -0.2) is 46.4 Å². The number of nitrogens with two attached hydrogens (primary N) is 1. The first-order chi connectivity index (χ1) is 22.2. The Kier molecular flexibility index (Phi) is 10.7. The van der Waals surface area contributed by atoms with Gasteiger partial charge in [-0.25, -0.2) is 33.3 Å². The van der Waals surface area contributed by atoms with E-state index in [1.165, 1.54) is 18.5 Å². The number of aromatic nitrogens is 5. The maximum absolute atomic E-state index is 13.9. The molecule has 0 spiro atoms. The number of nitrogen functional groups attached to an aromatic ring is 1. The van der Waals surface area contributed by atoms with Gasteiger partial charge >= 0.3 is 0 Å². The van der Waals surface area contributed by atoms with Crippen molar-refractivity contribution >= 4 is 45.4 Å². The van der Waals surface area contributed by atoms with E-state index in [1.807, 2.05) is 31.2 Å². The summed E-state index contributed by atoms with van der Waals surface area (Å²) >= 11 is 4.41. The molecule has 0 aliphatic carbocycles. The van der Waals surface area contributed by atoms with E-state index in [0.717, 1.165) is 18.2 Å². The molecule has 5 N–H and O–H groups in total. The lowest BCUT2D eigenvalue weighted by molar-refractivity contribution is 0.498. The van der Waals surface area contributed by atoms with Gasteiger partial charge in [0.1, 0.15) is 40.9 Å². The van der Waals surface area contributed by atoms with E-state index >= 15 is 0 Å². The lowest BCUT2D eigenvalue weighted by Crippen LogP contribution is -2.26. The van der Waals surface area contributed by atoms with Crippen LogP contribution in [0.2, 0.25) is 5.02 Å². The average Bonchev–Trinajstić information content (AvgIpc) is 3.03. The van der Waals surface area contributed by atoms with Crippen molar-refractivity contribution in [1.82, 2.24) is 29.2 Å². The maximum Gasteiger partial charge on any atom is 0.267 e. The van der Waals surface area contributed by atoms with Gasteiger partial charge in [0.05, 0.1) is 27.8 Å². The summed E-state index contributed by atoms with van der Waals surface area (Å²) in [6, 6.07) is 15.5. The first-order valence-corrected chi connectivity index (χ1v) is 15.8. The Balaban J connectivity index is 1.42. The Morgan fingerprint density at radius 3 is 2.72 bits per heavy atom. The predicted octanol–water partition coefficient (Wildman–Crippen LogP) is 4.29.